The normalized spacial score (nSPS) is 13.4. The van der Waals surface area contributed by atoms with Crippen LogP contribution in [0.1, 0.15) is 0 Å². The zero-order valence-electron chi connectivity index (χ0n) is 3.53. The van der Waals surface area contributed by atoms with Crippen LogP contribution in [-0.2, 0) is 4.79 Å². The van der Waals surface area contributed by atoms with Crippen LogP contribution in [0, 0.1) is 0 Å². The Kier molecular flexibility index (Phi) is 3.65. The van der Waals surface area contributed by atoms with Crippen molar-refractivity contribution in [3.8, 4) is 0 Å². The first-order chi connectivity index (χ1) is 3.18. The van der Waals surface area contributed by atoms with Crippen molar-refractivity contribution < 1.29 is 4.79 Å². The lowest BCUT2D eigenvalue weighted by atomic mass is 10.5. The number of alkyl halides is 2. The third kappa shape index (κ3) is 3.05. The number of halogens is 2. The summed E-state index contributed by atoms with van der Waals surface area (Å²) in [5.74, 6) is -0.336. The fourth-order valence-electron chi connectivity index (χ4n) is 0.0760. The van der Waals surface area contributed by atoms with E-state index in [2.05, 4.69) is 31.9 Å². The predicted molar refractivity (Wildman–Crippen MR) is 35.7 cm³/mol. The van der Waals surface area contributed by atoms with Gasteiger partial charge in [-0.25, -0.2) is 0 Å². The SMILES string of the molecule is NC(=O)C(Br)CBr. The number of carbonyl (C=O) groups is 1. The molecular weight excluding hydrogens is 226 g/mol. The van der Waals surface area contributed by atoms with Crippen LogP contribution in [0.4, 0.5) is 0 Å². The van der Waals surface area contributed by atoms with Crippen LogP contribution >= 0.6 is 31.9 Å². The van der Waals surface area contributed by atoms with Gasteiger partial charge >= 0.3 is 0 Å². The fourth-order valence-corrected chi connectivity index (χ4v) is 0.395. The van der Waals surface area contributed by atoms with E-state index in [1.807, 2.05) is 0 Å². The molecule has 0 rings (SSSR count). The Morgan fingerprint density at radius 3 is 2.29 bits per heavy atom. The molecule has 0 aliphatic carbocycles. The van der Waals surface area contributed by atoms with E-state index in [9.17, 15) is 4.79 Å². The van der Waals surface area contributed by atoms with Crippen molar-refractivity contribution in [2.45, 2.75) is 4.83 Å². The van der Waals surface area contributed by atoms with Crippen LogP contribution in [0.3, 0.4) is 0 Å². The molecule has 0 radical (unpaired) electrons. The molecule has 0 bridgehead atoms. The highest BCUT2D eigenvalue weighted by atomic mass is 79.9. The zero-order chi connectivity index (χ0) is 5.86. The largest absolute Gasteiger partial charge is 0.369 e. The monoisotopic (exact) mass is 229 g/mol. The number of hydrogen-bond donors (Lipinski definition) is 1. The first-order valence-electron chi connectivity index (χ1n) is 1.68. The molecular formula is C3H5Br2NO. The molecule has 0 saturated heterocycles. The molecule has 1 amide bonds. The molecule has 4 heteroatoms. The maximum atomic E-state index is 10.1. The minimum Gasteiger partial charge on any atom is -0.369 e. The summed E-state index contributed by atoms with van der Waals surface area (Å²) in [5.41, 5.74) is 4.83. The van der Waals surface area contributed by atoms with Gasteiger partial charge in [-0.1, -0.05) is 31.9 Å². The Bertz CT molecular complexity index is 75.3. The zero-order valence-corrected chi connectivity index (χ0v) is 6.70. The van der Waals surface area contributed by atoms with Crippen molar-refractivity contribution in [2.75, 3.05) is 5.33 Å². The van der Waals surface area contributed by atoms with Crippen LogP contribution in [0.25, 0.3) is 0 Å². The second-order valence-electron chi connectivity index (χ2n) is 1.02. The topological polar surface area (TPSA) is 43.1 Å². The van der Waals surface area contributed by atoms with Crippen LogP contribution in [0.2, 0.25) is 0 Å². The van der Waals surface area contributed by atoms with Crippen LogP contribution in [0.5, 0.6) is 0 Å². The Balaban J connectivity index is 3.34. The number of primary amides is 1. The third-order valence-corrected chi connectivity index (χ3v) is 2.74. The second kappa shape index (κ2) is 3.43. The van der Waals surface area contributed by atoms with E-state index >= 15 is 0 Å². The highest BCUT2D eigenvalue weighted by Crippen LogP contribution is 2.00. The molecule has 0 aromatic rings. The van der Waals surface area contributed by atoms with E-state index in [1.54, 1.807) is 0 Å². The van der Waals surface area contributed by atoms with Crippen molar-refractivity contribution in [1.82, 2.24) is 0 Å². The van der Waals surface area contributed by atoms with Gasteiger partial charge in [-0.2, -0.15) is 0 Å². The Morgan fingerprint density at radius 2 is 2.29 bits per heavy atom. The average Bonchev–Trinajstić information content (AvgIpc) is 1.65. The van der Waals surface area contributed by atoms with E-state index in [0.29, 0.717) is 5.33 Å². The minimum atomic E-state index is -0.336. The smallest absolute Gasteiger partial charge is 0.232 e. The van der Waals surface area contributed by atoms with E-state index in [0.717, 1.165) is 0 Å². The Hall–Kier alpha value is 0.430. The molecule has 1 unspecified atom stereocenters. The van der Waals surface area contributed by atoms with Crippen molar-refractivity contribution >= 4 is 37.8 Å². The number of amides is 1. The maximum absolute atomic E-state index is 10.1. The van der Waals surface area contributed by atoms with Gasteiger partial charge in [-0.3, -0.25) is 4.79 Å². The molecule has 2 nitrogen and oxygen atoms in total. The quantitative estimate of drug-likeness (QED) is 0.695. The molecule has 2 N–H and O–H groups in total. The molecule has 0 spiro atoms. The average molecular weight is 231 g/mol. The van der Waals surface area contributed by atoms with Gasteiger partial charge in [0, 0.05) is 5.33 Å². The van der Waals surface area contributed by atoms with Gasteiger partial charge in [0.1, 0.15) is 4.83 Å². The van der Waals surface area contributed by atoms with Gasteiger partial charge < -0.3 is 5.73 Å². The molecule has 1 atom stereocenters. The molecule has 42 valence electrons. The van der Waals surface area contributed by atoms with Gasteiger partial charge in [-0.05, 0) is 0 Å². The van der Waals surface area contributed by atoms with Gasteiger partial charge in [0.15, 0.2) is 0 Å². The summed E-state index contributed by atoms with van der Waals surface area (Å²) in [4.78, 5) is 9.85. The molecule has 0 heterocycles. The number of rotatable bonds is 2. The van der Waals surface area contributed by atoms with Crippen LogP contribution in [-0.4, -0.2) is 16.1 Å². The summed E-state index contributed by atoms with van der Waals surface area (Å²) in [7, 11) is 0. The standard InChI is InChI=1S/C3H5Br2NO/c4-1-2(5)3(6)7/h2H,1H2,(H2,6,7). The minimum absolute atomic E-state index is 0.229. The lowest BCUT2D eigenvalue weighted by Gasteiger charge is -1.94. The first kappa shape index (κ1) is 7.43. The molecule has 0 aliphatic rings. The fraction of sp³-hybridized carbons (Fsp3) is 0.667. The van der Waals surface area contributed by atoms with Crippen molar-refractivity contribution in [2.24, 2.45) is 5.73 Å². The summed E-state index contributed by atoms with van der Waals surface area (Å²) in [6, 6.07) is 0. The van der Waals surface area contributed by atoms with Crippen molar-refractivity contribution in [3.63, 3.8) is 0 Å². The van der Waals surface area contributed by atoms with Gasteiger partial charge in [-0.15, -0.1) is 0 Å². The highest BCUT2D eigenvalue weighted by Gasteiger charge is 2.05. The molecule has 0 aliphatic heterocycles. The molecule has 0 saturated carbocycles. The van der Waals surface area contributed by atoms with Gasteiger partial charge in [0.2, 0.25) is 5.91 Å². The lowest BCUT2D eigenvalue weighted by Crippen LogP contribution is -2.23. The van der Waals surface area contributed by atoms with Crippen LogP contribution < -0.4 is 5.73 Å². The van der Waals surface area contributed by atoms with E-state index in [-0.39, 0.29) is 10.7 Å². The van der Waals surface area contributed by atoms with Crippen molar-refractivity contribution in [3.05, 3.63) is 0 Å². The molecule has 0 aromatic heterocycles. The summed E-state index contributed by atoms with van der Waals surface area (Å²) >= 11 is 6.09. The predicted octanol–water partition coefficient (Wildman–Crippen LogP) is 0.630. The number of carbonyl (C=O) groups excluding carboxylic acids is 1. The summed E-state index contributed by atoms with van der Waals surface area (Å²) < 4.78 is 0. The summed E-state index contributed by atoms with van der Waals surface area (Å²) in [6.07, 6.45) is 0. The van der Waals surface area contributed by atoms with E-state index < -0.39 is 0 Å². The molecule has 7 heavy (non-hydrogen) atoms. The lowest BCUT2D eigenvalue weighted by molar-refractivity contribution is -0.117. The summed E-state index contributed by atoms with van der Waals surface area (Å²) in [6.45, 7) is 0. The number of nitrogens with two attached hydrogens (primary N) is 1. The molecule has 0 fully saturated rings. The van der Waals surface area contributed by atoms with E-state index in [4.69, 9.17) is 5.73 Å². The maximum Gasteiger partial charge on any atom is 0.232 e. The van der Waals surface area contributed by atoms with Gasteiger partial charge in [0.25, 0.3) is 0 Å². The highest BCUT2D eigenvalue weighted by molar-refractivity contribution is 9.12. The second-order valence-corrected chi connectivity index (χ2v) is 2.78. The van der Waals surface area contributed by atoms with Gasteiger partial charge in [0.05, 0.1) is 0 Å². The summed E-state index contributed by atoms with van der Waals surface area (Å²) in [5, 5.41) is 0.572. The van der Waals surface area contributed by atoms with Crippen molar-refractivity contribution in [1.29, 1.82) is 0 Å². The molecule has 0 aromatic carbocycles. The Labute approximate surface area is 58.7 Å². The number of hydrogen-bond acceptors (Lipinski definition) is 1. The van der Waals surface area contributed by atoms with Crippen LogP contribution in [0.15, 0.2) is 0 Å². The van der Waals surface area contributed by atoms with E-state index in [1.165, 1.54) is 0 Å². The third-order valence-electron chi connectivity index (χ3n) is 0.444. The Morgan fingerprint density at radius 1 is 1.86 bits per heavy atom. The first-order valence-corrected chi connectivity index (χ1v) is 3.71.